The second-order valence-electron chi connectivity index (χ2n) is 4.80. The van der Waals surface area contributed by atoms with Crippen LogP contribution in [0.15, 0.2) is 36.8 Å². The number of nitrogens with zero attached hydrogens (tertiary/aromatic N) is 1. The Hall–Kier alpha value is -3.04. The first-order chi connectivity index (χ1) is 11.7. The quantitative estimate of drug-likeness (QED) is 0.482. The number of nitrogens with one attached hydrogen (secondary N) is 2. The molecule has 25 heavy (non-hydrogen) atoms. The Kier molecular flexibility index (Phi) is 7.44. The van der Waals surface area contributed by atoms with Crippen LogP contribution in [0.3, 0.4) is 0 Å². The van der Waals surface area contributed by atoms with Gasteiger partial charge in [0.1, 0.15) is 0 Å². The number of halogens is 3. The van der Waals surface area contributed by atoms with Crippen molar-refractivity contribution in [1.29, 1.82) is 0 Å². The summed E-state index contributed by atoms with van der Waals surface area (Å²) in [6.07, 6.45) is 0.678. The molecule has 1 heterocycles. The number of aliphatic carboxylic acids is 2. The molecule has 0 aliphatic heterocycles. The number of carboxylic acid groups (broad SMARTS) is 2. The molecule has 0 aliphatic carbocycles. The summed E-state index contributed by atoms with van der Waals surface area (Å²) < 4.78 is 37.5. The van der Waals surface area contributed by atoms with Crippen LogP contribution in [0.4, 0.5) is 18.9 Å². The smallest absolute Gasteiger partial charge is 0.416 e. The van der Waals surface area contributed by atoms with E-state index in [1.807, 2.05) is 0 Å². The molecule has 0 saturated carbocycles. The van der Waals surface area contributed by atoms with Gasteiger partial charge in [0, 0.05) is 24.1 Å². The third-order valence-electron chi connectivity index (χ3n) is 2.88. The Bertz CT molecular complexity index is 676. The highest BCUT2D eigenvalue weighted by Crippen LogP contribution is 2.30. The van der Waals surface area contributed by atoms with E-state index in [0.717, 1.165) is 30.7 Å². The SMILES string of the molecule is FC(F)(F)c1cccc(NCCCc2cnc[nH]2)c1.O=C(O)C(=O)O. The molecule has 10 heteroatoms. The van der Waals surface area contributed by atoms with E-state index in [9.17, 15) is 13.2 Å². The van der Waals surface area contributed by atoms with Crippen molar-refractivity contribution in [2.45, 2.75) is 19.0 Å². The third kappa shape index (κ3) is 7.86. The lowest BCUT2D eigenvalue weighted by Gasteiger charge is -2.10. The number of hydrogen-bond acceptors (Lipinski definition) is 4. The van der Waals surface area contributed by atoms with Gasteiger partial charge >= 0.3 is 18.1 Å². The summed E-state index contributed by atoms with van der Waals surface area (Å²) in [5, 5.41) is 17.8. The summed E-state index contributed by atoms with van der Waals surface area (Å²) in [6.45, 7) is 0.611. The Morgan fingerprint density at radius 3 is 2.40 bits per heavy atom. The van der Waals surface area contributed by atoms with Crippen molar-refractivity contribution in [3.63, 3.8) is 0 Å². The molecule has 136 valence electrons. The van der Waals surface area contributed by atoms with Crippen LogP contribution in [-0.2, 0) is 22.2 Å². The molecule has 0 atom stereocenters. The fourth-order valence-corrected chi connectivity index (χ4v) is 1.74. The monoisotopic (exact) mass is 359 g/mol. The Morgan fingerprint density at radius 1 is 1.20 bits per heavy atom. The summed E-state index contributed by atoms with van der Waals surface area (Å²) in [7, 11) is 0. The molecule has 2 aromatic rings. The van der Waals surface area contributed by atoms with Crippen molar-refractivity contribution < 1.29 is 33.0 Å². The second-order valence-corrected chi connectivity index (χ2v) is 4.80. The highest BCUT2D eigenvalue weighted by molar-refractivity contribution is 6.27. The third-order valence-corrected chi connectivity index (χ3v) is 2.88. The molecule has 2 rings (SSSR count). The fourth-order valence-electron chi connectivity index (χ4n) is 1.74. The van der Waals surface area contributed by atoms with E-state index in [-0.39, 0.29) is 0 Å². The summed E-state index contributed by atoms with van der Waals surface area (Å²) >= 11 is 0. The zero-order chi connectivity index (χ0) is 18.9. The normalized spacial score (nSPS) is 10.5. The summed E-state index contributed by atoms with van der Waals surface area (Å²) in [4.78, 5) is 25.1. The molecule has 0 amide bonds. The van der Waals surface area contributed by atoms with Gasteiger partial charge in [0.05, 0.1) is 11.9 Å². The number of carbonyl (C=O) groups is 2. The molecule has 1 aromatic carbocycles. The van der Waals surface area contributed by atoms with Crippen LogP contribution < -0.4 is 5.32 Å². The molecule has 7 nitrogen and oxygen atoms in total. The van der Waals surface area contributed by atoms with E-state index in [4.69, 9.17) is 19.8 Å². The molecule has 4 N–H and O–H groups in total. The Balaban J connectivity index is 0.000000450. The number of aromatic amines is 1. The summed E-state index contributed by atoms with van der Waals surface area (Å²) in [5.41, 5.74) is 0.872. The molecular formula is C15H16F3N3O4. The molecule has 0 radical (unpaired) electrons. The predicted molar refractivity (Wildman–Crippen MR) is 82.1 cm³/mol. The zero-order valence-corrected chi connectivity index (χ0v) is 12.9. The van der Waals surface area contributed by atoms with E-state index in [0.29, 0.717) is 12.2 Å². The predicted octanol–water partition coefficient (Wildman–Crippen LogP) is 2.63. The minimum atomic E-state index is -4.30. The van der Waals surface area contributed by atoms with Gasteiger partial charge in [0.2, 0.25) is 0 Å². The molecule has 0 unspecified atom stereocenters. The zero-order valence-electron chi connectivity index (χ0n) is 12.9. The van der Waals surface area contributed by atoms with Gasteiger partial charge in [-0.1, -0.05) is 6.07 Å². The highest BCUT2D eigenvalue weighted by Gasteiger charge is 2.30. The number of anilines is 1. The number of hydrogen-bond donors (Lipinski definition) is 4. The van der Waals surface area contributed by atoms with E-state index in [1.165, 1.54) is 6.07 Å². The number of benzene rings is 1. The van der Waals surface area contributed by atoms with E-state index >= 15 is 0 Å². The van der Waals surface area contributed by atoms with Crippen molar-refractivity contribution in [3.8, 4) is 0 Å². The number of aryl methyl sites for hydroxylation is 1. The van der Waals surface area contributed by atoms with Gasteiger partial charge in [-0.05, 0) is 31.0 Å². The molecule has 0 saturated heterocycles. The van der Waals surface area contributed by atoms with Gasteiger partial charge in [-0.3, -0.25) is 0 Å². The number of aromatic nitrogens is 2. The van der Waals surface area contributed by atoms with Crippen LogP contribution in [0, 0.1) is 0 Å². The number of rotatable bonds is 5. The van der Waals surface area contributed by atoms with Gasteiger partial charge < -0.3 is 20.5 Å². The van der Waals surface area contributed by atoms with Crippen LogP contribution in [0.2, 0.25) is 0 Å². The lowest BCUT2D eigenvalue weighted by molar-refractivity contribution is -0.159. The summed E-state index contributed by atoms with van der Waals surface area (Å²) in [6, 6.07) is 5.22. The van der Waals surface area contributed by atoms with Crippen molar-refractivity contribution in [1.82, 2.24) is 9.97 Å². The minimum absolute atomic E-state index is 0.486. The Labute approximate surface area is 140 Å². The average Bonchev–Trinajstić information content (AvgIpc) is 3.05. The first-order valence-corrected chi connectivity index (χ1v) is 7.04. The van der Waals surface area contributed by atoms with Gasteiger partial charge in [0.25, 0.3) is 0 Å². The van der Waals surface area contributed by atoms with Crippen LogP contribution in [-0.4, -0.2) is 38.7 Å². The van der Waals surface area contributed by atoms with Crippen LogP contribution >= 0.6 is 0 Å². The molecule has 1 aromatic heterocycles. The van der Waals surface area contributed by atoms with Crippen LogP contribution in [0.25, 0.3) is 0 Å². The van der Waals surface area contributed by atoms with Crippen molar-refractivity contribution in [2.75, 3.05) is 11.9 Å². The van der Waals surface area contributed by atoms with Crippen LogP contribution in [0.5, 0.6) is 0 Å². The maximum atomic E-state index is 12.5. The highest BCUT2D eigenvalue weighted by atomic mass is 19.4. The number of H-pyrrole nitrogens is 1. The van der Waals surface area contributed by atoms with Crippen molar-refractivity contribution >= 4 is 17.6 Å². The van der Waals surface area contributed by atoms with Gasteiger partial charge in [-0.25, -0.2) is 14.6 Å². The number of alkyl halides is 3. The second kappa shape index (κ2) is 9.30. The average molecular weight is 359 g/mol. The van der Waals surface area contributed by atoms with Gasteiger partial charge in [-0.15, -0.1) is 0 Å². The molecule has 0 aliphatic rings. The number of imidazole rings is 1. The lowest BCUT2D eigenvalue weighted by atomic mass is 10.2. The molecule has 0 bridgehead atoms. The summed E-state index contributed by atoms with van der Waals surface area (Å²) in [5.74, 6) is -3.65. The molecule has 0 fully saturated rings. The minimum Gasteiger partial charge on any atom is -0.473 e. The topological polar surface area (TPSA) is 115 Å². The fraction of sp³-hybridized carbons (Fsp3) is 0.267. The van der Waals surface area contributed by atoms with E-state index in [2.05, 4.69) is 15.3 Å². The maximum absolute atomic E-state index is 12.5. The van der Waals surface area contributed by atoms with E-state index < -0.39 is 23.7 Å². The van der Waals surface area contributed by atoms with Crippen molar-refractivity contribution in [3.05, 3.63) is 48.0 Å². The van der Waals surface area contributed by atoms with E-state index in [1.54, 1.807) is 18.6 Å². The van der Waals surface area contributed by atoms with Gasteiger partial charge in [0.15, 0.2) is 0 Å². The molecule has 0 spiro atoms. The lowest BCUT2D eigenvalue weighted by Crippen LogP contribution is -2.09. The van der Waals surface area contributed by atoms with Crippen molar-refractivity contribution in [2.24, 2.45) is 0 Å². The largest absolute Gasteiger partial charge is 0.473 e. The van der Waals surface area contributed by atoms with Gasteiger partial charge in [-0.2, -0.15) is 13.2 Å². The number of carboxylic acids is 2. The Morgan fingerprint density at radius 2 is 1.88 bits per heavy atom. The van der Waals surface area contributed by atoms with Crippen LogP contribution in [0.1, 0.15) is 17.7 Å². The first-order valence-electron chi connectivity index (χ1n) is 7.04. The first kappa shape index (κ1) is 20.0. The molecular weight excluding hydrogens is 343 g/mol. The standard InChI is InChI=1S/C13H14F3N3.C2H2O4/c14-13(15,16)10-3-1-4-11(7-10)18-6-2-5-12-8-17-9-19-12;3-1(4)2(5)6/h1,3-4,7-9,18H,2,5-6H2,(H,17,19);(H,3,4)(H,5,6). The maximum Gasteiger partial charge on any atom is 0.416 e.